The van der Waals surface area contributed by atoms with Crippen LogP contribution in [0, 0.1) is 11.3 Å². The van der Waals surface area contributed by atoms with Gasteiger partial charge in [-0.05, 0) is 44.8 Å². The van der Waals surface area contributed by atoms with E-state index in [4.69, 9.17) is 4.98 Å². The molecule has 3 aromatic rings. The number of ketones is 1. The molecule has 0 atom stereocenters. The summed E-state index contributed by atoms with van der Waals surface area (Å²) in [5, 5.41) is 3.35. The Morgan fingerprint density at radius 1 is 1.00 bits per heavy atom. The van der Waals surface area contributed by atoms with Crippen molar-refractivity contribution in [3.63, 3.8) is 0 Å². The molecule has 200 valence electrons. The van der Waals surface area contributed by atoms with Crippen LogP contribution in [0.2, 0.25) is 0 Å². The maximum absolute atomic E-state index is 13.6. The summed E-state index contributed by atoms with van der Waals surface area (Å²) in [6, 6.07) is 8.27. The molecule has 1 aliphatic carbocycles. The lowest BCUT2D eigenvalue weighted by molar-refractivity contribution is -0.136. The number of hydrogen-bond donors (Lipinski definition) is 2. The van der Waals surface area contributed by atoms with E-state index in [9.17, 15) is 9.59 Å². The number of aromatic amines is 1. The quantitative estimate of drug-likeness (QED) is 0.490. The largest absolute Gasteiger partial charge is 0.367 e. The third kappa shape index (κ3) is 4.70. The number of nitrogens with one attached hydrogen (secondary N) is 2. The average Bonchev–Trinajstić information content (AvgIpc) is 3.40. The second kappa shape index (κ2) is 10.5. The highest BCUT2D eigenvalue weighted by Crippen LogP contribution is 2.40. The first-order valence-corrected chi connectivity index (χ1v) is 14.3. The molecule has 0 bridgehead atoms. The predicted molar refractivity (Wildman–Crippen MR) is 149 cm³/mol. The van der Waals surface area contributed by atoms with Crippen molar-refractivity contribution >= 4 is 28.5 Å². The van der Waals surface area contributed by atoms with Crippen molar-refractivity contribution in [2.45, 2.75) is 51.9 Å². The van der Waals surface area contributed by atoms with Gasteiger partial charge in [0.05, 0.1) is 17.5 Å². The maximum atomic E-state index is 13.6. The van der Waals surface area contributed by atoms with Gasteiger partial charge in [0.1, 0.15) is 5.52 Å². The van der Waals surface area contributed by atoms with Crippen molar-refractivity contribution in [2.75, 3.05) is 44.2 Å². The lowest BCUT2D eigenvalue weighted by atomic mass is 9.71. The van der Waals surface area contributed by atoms with E-state index in [1.54, 1.807) is 12.4 Å². The summed E-state index contributed by atoms with van der Waals surface area (Å²) in [7, 11) is 0. The summed E-state index contributed by atoms with van der Waals surface area (Å²) >= 11 is 0. The lowest BCUT2D eigenvalue weighted by Crippen LogP contribution is -2.51. The van der Waals surface area contributed by atoms with Gasteiger partial charge in [-0.3, -0.25) is 9.59 Å². The molecule has 8 heteroatoms. The van der Waals surface area contributed by atoms with Gasteiger partial charge in [-0.25, -0.2) is 9.97 Å². The third-order valence-electron chi connectivity index (χ3n) is 8.93. The first kappa shape index (κ1) is 25.0. The molecule has 3 aliphatic rings. The summed E-state index contributed by atoms with van der Waals surface area (Å²) in [5.41, 5.74) is 4.51. The minimum Gasteiger partial charge on any atom is -0.367 e. The van der Waals surface area contributed by atoms with Crippen LogP contribution in [-0.2, 0) is 4.79 Å². The van der Waals surface area contributed by atoms with Crippen molar-refractivity contribution in [2.24, 2.45) is 11.3 Å². The minimum absolute atomic E-state index is 0.159. The van der Waals surface area contributed by atoms with E-state index < -0.39 is 0 Å². The summed E-state index contributed by atoms with van der Waals surface area (Å²) in [6.07, 6.45) is 10.7. The van der Waals surface area contributed by atoms with Crippen LogP contribution in [0.15, 0.2) is 36.7 Å². The molecule has 1 saturated carbocycles. The number of hydrogen-bond acceptors (Lipinski definition) is 6. The Bertz CT molecular complexity index is 1310. The Hall–Kier alpha value is -3.26. The highest BCUT2D eigenvalue weighted by Gasteiger charge is 2.37. The highest BCUT2D eigenvalue weighted by atomic mass is 16.2. The van der Waals surface area contributed by atoms with Crippen LogP contribution in [0.1, 0.15) is 62.2 Å². The van der Waals surface area contributed by atoms with Gasteiger partial charge in [0.2, 0.25) is 5.91 Å². The fraction of sp³-hybridized carbons (Fsp3) is 0.533. The molecule has 2 N–H and O–H groups in total. The van der Waals surface area contributed by atoms with E-state index in [0.717, 1.165) is 94.7 Å². The molecule has 0 unspecified atom stereocenters. The van der Waals surface area contributed by atoms with E-state index >= 15 is 0 Å². The van der Waals surface area contributed by atoms with E-state index in [1.165, 1.54) is 6.42 Å². The standard InChI is InChI=1S/C30H38N6O2/c1-30(11-5-2-6-12-30)27(37)23-19-32-28-26(23)34-24(20-33-28)22-7-3-4-8-25(22)35-15-17-36(18-16-35)29(38)21-9-13-31-14-10-21/h3-4,7-8,19-21,31H,2,5-6,9-18H2,1H3,(H,32,33). The van der Waals surface area contributed by atoms with E-state index in [0.29, 0.717) is 22.6 Å². The molecule has 2 aromatic heterocycles. The van der Waals surface area contributed by atoms with Crippen LogP contribution in [0.5, 0.6) is 0 Å². The summed E-state index contributed by atoms with van der Waals surface area (Å²) in [5.74, 6) is 0.649. The van der Waals surface area contributed by atoms with Crippen LogP contribution in [0.3, 0.4) is 0 Å². The van der Waals surface area contributed by atoms with Gasteiger partial charge < -0.3 is 20.1 Å². The van der Waals surface area contributed by atoms with Gasteiger partial charge in [-0.2, -0.15) is 0 Å². The van der Waals surface area contributed by atoms with Crippen LogP contribution >= 0.6 is 0 Å². The van der Waals surface area contributed by atoms with Crippen LogP contribution < -0.4 is 10.2 Å². The summed E-state index contributed by atoms with van der Waals surface area (Å²) < 4.78 is 0. The van der Waals surface area contributed by atoms with Gasteiger partial charge in [0.15, 0.2) is 11.4 Å². The summed E-state index contributed by atoms with van der Waals surface area (Å²) in [6.45, 7) is 7.01. The molecular formula is C30H38N6O2. The highest BCUT2D eigenvalue weighted by molar-refractivity contribution is 6.09. The summed E-state index contributed by atoms with van der Waals surface area (Å²) in [4.78, 5) is 43.9. The Kier molecular flexibility index (Phi) is 6.91. The average molecular weight is 515 g/mol. The Morgan fingerprint density at radius 2 is 1.74 bits per heavy atom. The van der Waals surface area contributed by atoms with Crippen molar-refractivity contribution in [1.82, 2.24) is 25.2 Å². The van der Waals surface area contributed by atoms with Crippen molar-refractivity contribution in [3.8, 4) is 11.3 Å². The number of benzene rings is 1. The van der Waals surface area contributed by atoms with Crippen molar-refractivity contribution in [3.05, 3.63) is 42.2 Å². The molecule has 4 heterocycles. The number of anilines is 1. The zero-order valence-electron chi connectivity index (χ0n) is 22.3. The number of piperidine rings is 1. The first-order valence-electron chi connectivity index (χ1n) is 14.3. The second-order valence-electron chi connectivity index (χ2n) is 11.5. The van der Waals surface area contributed by atoms with E-state index in [2.05, 4.69) is 39.2 Å². The van der Waals surface area contributed by atoms with Crippen molar-refractivity contribution < 1.29 is 9.59 Å². The lowest BCUT2D eigenvalue weighted by Gasteiger charge is -2.38. The zero-order chi connectivity index (χ0) is 26.1. The Morgan fingerprint density at radius 3 is 2.50 bits per heavy atom. The zero-order valence-corrected chi connectivity index (χ0v) is 22.3. The first-order chi connectivity index (χ1) is 18.5. The van der Waals surface area contributed by atoms with Crippen LogP contribution in [0.4, 0.5) is 5.69 Å². The van der Waals surface area contributed by atoms with Crippen LogP contribution in [-0.4, -0.2) is 70.8 Å². The number of rotatable bonds is 5. The van der Waals surface area contributed by atoms with Gasteiger partial charge in [0, 0.05) is 55.0 Å². The van der Waals surface area contributed by atoms with Gasteiger partial charge in [-0.15, -0.1) is 0 Å². The third-order valence-corrected chi connectivity index (χ3v) is 8.93. The van der Waals surface area contributed by atoms with E-state index in [1.807, 2.05) is 17.0 Å². The predicted octanol–water partition coefficient (Wildman–Crippen LogP) is 4.43. The SMILES string of the molecule is CC1(C(=O)c2c[nH]c3ncc(-c4ccccc4N4CCN(C(=O)C5CCNCC5)CC4)nc23)CCCCC1. The number of nitrogens with zero attached hydrogens (tertiary/aromatic N) is 4. The number of H-pyrrole nitrogens is 1. The monoisotopic (exact) mass is 514 g/mol. The molecule has 2 saturated heterocycles. The van der Waals surface area contributed by atoms with Gasteiger partial charge in [-0.1, -0.05) is 44.4 Å². The smallest absolute Gasteiger partial charge is 0.225 e. The topological polar surface area (TPSA) is 94.2 Å². The number of para-hydroxylation sites is 1. The fourth-order valence-electron chi connectivity index (χ4n) is 6.54. The van der Waals surface area contributed by atoms with Crippen LogP contribution in [0.25, 0.3) is 22.4 Å². The molecule has 8 nitrogen and oxygen atoms in total. The second-order valence-corrected chi connectivity index (χ2v) is 11.5. The van der Waals surface area contributed by atoms with Gasteiger partial charge >= 0.3 is 0 Å². The number of aromatic nitrogens is 3. The molecule has 6 rings (SSSR count). The molecule has 1 aromatic carbocycles. The molecule has 0 spiro atoms. The number of amides is 1. The minimum atomic E-state index is -0.325. The maximum Gasteiger partial charge on any atom is 0.225 e. The number of carbonyl (C=O) groups is 2. The van der Waals surface area contributed by atoms with Gasteiger partial charge in [0.25, 0.3) is 0 Å². The van der Waals surface area contributed by atoms with E-state index in [-0.39, 0.29) is 17.1 Å². The number of fused-ring (bicyclic) bond motifs is 1. The fourth-order valence-corrected chi connectivity index (χ4v) is 6.54. The normalized spacial score (nSPS) is 20.6. The molecule has 0 radical (unpaired) electrons. The molecule has 3 fully saturated rings. The molecule has 1 amide bonds. The molecule has 2 aliphatic heterocycles. The number of carbonyl (C=O) groups excluding carboxylic acids is 2. The Balaban J connectivity index is 1.24. The number of Topliss-reactive ketones (excluding diaryl/α,β-unsaturated/α-hetero) is 1. The van der Waals surface area contributed by atoms with Crippen molar-refractivity contribution in [1.29, 1.82) is 0 Å². The molecular weight excluding hydrogens is 476 g/mol. The molecule has 38 heavy (non-hydrogen) atoms. The number of piperazine rings is 1. The Labute approximate surface area is 224 Å².